The predicted octanol–water partition coefficient (Wildman–Crippen LogP) is 1.81. The Kier molecular flexibility index (Phi) is 2.32. The molecule has 1 spiro atoms. The number of rotatable bonds is 0. The van der Waals surface area contributed by atoms with Gasteiger partial charge < -0.3 is 14.9 Å². The monoisotopic (exact) mass is 311 g/mol. The average Bonchev–Trinajstić information content (AvgIpc) is 2.98. The van der Waals surface area contributed by atoms with E-state index in [0.717, 1.165) is 41.7 Å². The Hall–Kier alpha value is -1.65. The zero-order chi connectivity index (χ0) is 16.0. The molecule has 4 heteroatoms. The Morgan fingerprint density at radius 1 is 1.39 bits per heavy atom. The maximum Gasteiger partial charge on any atom is 0.258 e. The molecule has 1 aromatic carbocycles. The highest BCUT2D eigenvalue weighted by Gasteiger charge is 2.80. The average molecular weight is 311 g/mol. The van der Waals surface area contributed by atoms with Crippen LogP contribution in [0.3, 0.4) is 0 Å². The number of para-hydroxylation sites is 1. The Balaban J connectivity index is 1.86. The van der Waals surface area contributed by atoms with Crippen LogP contribution in [0.4, 0.5) is 5.69 Å². The number of likely N-dealkylation sites (N-methyl/N-ethyl adjacent to an activating group) is 1. The fraction of sp³-hybridized carbons (Fsp3) is 0.526. The molecule has 5 rings (SSSR count). The van der Waals surface area contributed by atoms with Gasteiger partial charge in [-0.3, -0.25) is 4.79 Å². The van der Waals surface area contributed by atoms with E-state index in [0.29, 0.717) is 6.04 Å². The van der Waals surface area contributed by atoms with Gasteiger partial charge in [-0.2, -0.15) is 0 Å². The number of benzene rings is 1. The van der Waals surface area contributed by atoms with Crippen molar-refractivity contribution in [2.45, 2.75) is 36.8 Å². The number of fused-ring (bicyclic) bond motifs is 3. The molecule has 0 aromatic heterocycles. The summed E-state index contributed by atoms with van der Waals surface area (Å²) in [6, 6.07) is 8.41. The Labute approximate surface area is 136 Å². The number of anilines is 1. The lowest BCUT2D eigenvalue weighted by atomic mass is 9.62. The molecule has 4 nitrogen and oxygen atoms in total. The molecule has 5 atom stereocenters. The highest BCUT2D eigenvalue weighted by molar-refractivity contribution is 6.03. The van der Waals surface area contributed by atoms with E-state index in [-0.39, 0.29) is 11.8 Å². The van der Waals surface area contributed by atoms with Crippen LogP contribution >= 0.6 is 0 Å². The summed E-state index contributed by atoms with van der Waals surface area (Å²) in [6.45, 7) is 4.03. The van der Waals surface area contributed by atoms with E-state index in [2.05, 4.69) is 24.5 Å². The van der Waals surface area contributed by atoms with Crippen LogP contribution in [0, 0.1) is 5.92 Å². The summed E-state index contributed by atoms with van der Waals surface area (Å²) in [7, 11) is 2.31. The lowest BCUT2D eigenvalue weighted by molar-refractivity contribution is -0.921. The van der Waals surface area contributed by atoms with Crippen molar-refractivity contribution < 1.29 is 14.4 Å². The van der Waals surface area contributed by atoms with Crippen LogP contribution < -0.4 is 5.32 Å². The van der Waals surface area contributed by atoms with Gasteiger partial charge in [0.25, 0.3) is 5.91 Å². The minimum absolute atomic E-state index is 0.0441. The largest absolute Gasteiger partial charge is 0.378 e. The topological polar surface area (TPSA) is 49.3 Å². The fourth-order valence-electron chi connectivity index (χ4n) is 6.40. The highest BCUT2D eigenvalue weighted by Crippen LogP contribution is 2.67. The number of carbonyl (C=O) groups excluding carboxylic acids is 1. The number of amides is 1. The molecule has 2 bridgehead atoms. The molecule has 1 unspecified atom stereocenters. The number of hydrogen-bond donors (Lipinski definition) is 2. The van der Waals surface area contributed by atoms with Crippen molar-refractivity contribution in [3.8, 4) is 0 Å². The summed E-state index contributed by atoms with van der Waals surface area (Å²) < 4.78 is 0.958. The lowest BCUT2D eigenvalue weighted by Gasteiger charge is -2.45. The summed E-state index contributed by atoms with van der Waals surface area (Å²) in [4.78, 5) is 13.1. The Morgan fingerprint density at radius 3 is 2.96 bits per heavy atom. The van der Waals surface area contributed by atoms with Gasteiger partial charge in [-0.25, -0.2) is 0 Å². The van der Waals surface area contributed by atoms with Gasteiger partial charge in [-0.15, -0.1) is 0 Å². The van der Waals surface area contributed by atoms with E-state index < -0.39 is 11.0 Å². The second-order valence-electron chi connectivity index (χ2n) is 8.02. The lowest BCUT2D eigenvalue weighted by Crippen LogP contribution is -2.63. The summed E-state index contributed by atoms with van der Waals surface area (Å²) in [6.07, 6.45) is 3.93. The molecule has 0 radical (unpaired) electrons. The van der Waals surface area contributed by atoms with Gasteiger partial charge in [0.1, 0.15) is 12.6 Å². The number of quaternary nitrogens is 1. The number of nitrogens with zero attached hydrogens (tertiary/aromatic N) is 1. The fourth-order valence-corrected chi connectivity index (χ4v) is 6.40. The van der Waals surface area contributed by atoms with Crippen molar-refractivity contribution in [3.63, 3.8) is 0 Å². The van der Waals surface area contributed by atoms with Crippen LogP contribution in [0.2, 0.25) is 0 Å². The van der Waals surface area contributed by atoms with E-state index in [1.807, 2.05) is 25.1 Å². The van der Waals surface area contributed by atoms with Gasteiger partial charge in [-0.1, -0.05) is 24.3 Å². The molecule has 1 aliphatic carbocycles. The van der Waals surface area contributed by atoms with Crippen molar-refractivity contribution in [2.75, 3.05) is 25.5 Å². The normalized spacial score (nSPS) is 48.1. The number of carbonyl (C=O) groups is 1. The molecule has 1 amide bonds. The van der Waals surface area contributed by atoms with Crippen molar-refractivity contribution in [1.82, 2.24) is 0 Å². The van der Waals surface area contributed by atoms with Gasteiger partial charge in [0.15, 0.2) is 5.60 Å². The van der Waals surface area contributed by atoms with E-state index >= 15 is 0 Å². The van der Waals surface area contributed by atoms with E-state index in [1.54, 1.807) is 0 Å². The Morgan fingerprint density at radius 2 is 2.17 bits per heavy atom. The molecule has 3 aliphatic heterocycles. The molecule has 3 fully saturated rings. The third-order valence-corrected chi connectivity index (χ3v) is 7.35. The number of aliphatic hydroxyl groups is 1. The molecule has 3 heterocycles. The third-order valence-electron chi connectivity index (χ3n) is 7.35. The van der Waals surface area contributed by atoms with Gasteiger partial charge in [0.2, 0.25) is 0 Å². The predicted molar refractivity (Wildman–Crippen MR) is 87.9 cm³/mol. The SMILES string of the molecule is C/C=C1/C[N+]2(C)CC[C@]34c5ccccc5NC(=O)[C@@]3(O)[C@H]1C[C@@H]42. The minimum atomic E-state index is -1.31. The molecular formula is C19H23N2O2+. The van der Waals surface area contributed by atoms with Gasteiger partial charge in [0, 0.05) is 24.4 Å². The van der Waals surface area contributed by atoms with Gasteiger partial charge >= 0.3 is 0 Å². The molecule has 120 valence electrons. The first-order valence-corrected chi connectivity index (χ1v) is 8.60. The molecule has 1 saturated carbocycles. The maximum absolute atomic E-state index is 13.1. The molecule has 2 saturated heterocycles. The second kappa shape index (κ2) is 3.87. The van der Waals surface area contributed by atoms with Crippen molar-refractivity contribution >= 4 is 11.6 Å². The Bertz CT molecular complexity index is 772. The van der Waals surface area contributed by atoms with E-state index in [9.17, 15) is 9.90 Å². The number of nitrogens with one attached hydrogen (secondary N) is 1. The van der Waals surface area contributed by atoms with Crippen LogP contribution in [0.25, 0.3) is 0 Å². The minimum Gasteiger partial charge on any atom is -0.378 e. The summed E-state index contributed by atoms with van der Waals surface area (Å²) in [5.74, 6) is -0.240. The van der Waals surface area contributed by atoms with E-state index in [4.69, 9.17) is 0 Å². The smallest absolute Gasteiger partial charge is 0.258 e. The standard InChI is InChI=1S/C19H22N2O2/c1-3-12-11-21(2)9-8-18-13-6-4-5-7-15(13)20-17(22)19(18,23)14(12)10-16(18)21/h3-7,14,16,23H,8-11H2,1-2H3/p+1/b12-3-/t14-,16-,18+,19-,21?/m0/s1. The van der Waals surface area contributed by atoms with Crippen molar-refractivity contribution in [3.05, 3.63) is 41.5 Å². The van der Waals surface area contributed by atoms with E-state index in [1.165, 1.54) is 5.57 Å². The van der Waals surface area contributed by atoms with Crippen LogP contribution in [0.5, 0.6) is 0 Å². The first-order valence-electron chi connectivity index (χ1n) is 8.60. The molecule has 23 heavy (non-hydrogen) atoms. The number of hydrogen-bond acceptors (Lipinski definition) is 2. The van der Waals surface area contributed by atoms with Crippen LogP contribution in [0.1, 0.15) is 25.3 Å². The number of piperidine rings is 1. The molecule has 2 N–H and O–H groups in total. The van der Waals surface area contributed by atoms with Crippen molar-refractivity contribution in [2.24, 2.45) is 5.92 Å². The van der Waals surface area contributed by atoms with Crippen LogP contribution in [0.15, 0.2) is 35.9 Å². The van der Waals surface area contributed by atoms with Gasteiger partial charge in [-0.05, 0) is 24.1 Å². The van der Waals surface area contributed by atoms with Gasteiger partial charge in [0.05, 0.1) is 19.0 Å². The molecule has 4 aliphatic rings. The third kappa shape index (κ3) is 1.24. The van der Waals surface area contributed by atoms with Crippen molar-refractivity contribution in [1.29, 1.82) is 0 Å². The molecule has 1 aromatic rings. The zero-order valence-corrected chi connectivity index (χ0v) is 13.7. The first kappa shape index (κ1) is 13.8. The zero-order valence-electron chi connectivity index (χ0n) is 13.7. The highest BCUT2D eigenvalue weighted by atomic mass is 16.3. The van der Waals surface area contributed by atoms with Crippen LogP contribution in [-0.2, 0) is 10.2 Å². The number of allylic oxidation sites excluding steroid dienone is 1. The molecular weight excluding hydrogens is 288 g/mol. The maximum atomic E-state index is 13.1. The first-order chi connectivity index (χ1) is 11.0. The summed E-state index contributed by atoms with van der Waals surface area (Å²) in [5.41, 5.74) is 1.55. The van der Waals surface area contributed by atoms with Crippen LogP contribution in [-0.4, -0.2) is 47.3 Å². The summed E-state index contributed by atoms with van der Waals surface area (Å²) in [5, 5.41) is 14.8. The quantitative estimate of drug-likeness (QED) is 0.567. The summed E-state index contributed by atoms with van der Waals surface area (Å²) >= 11 is 0. The second-order valence-corrected chi connectivity index (χ2v) is 8.02.